The van der Waals surface area contributed by atoms with Gasteiger partial charge in [-0.25, -0.2) is 23.0 Å². The zero-order valence-corrected chi connectivity index (χ0v) is 25.6. The molecule has 17 heteroatoms. The average Bonchev–Trinajstić information content (AvgIpc) is 3.02. The number of hydrogen-bond donors (Lipinski definition) is 1. The SMILES string of the molecule is CC(C)c1ccc(CNC(=O)[C@H]2CN(c3ccc(C(=O)OC(=O)C(F)(F)F)cn3)CCN2S(=O)(=O)c2ccc(C(F)(F)F)cc2)cc1. The van der Waals surface area contributed by atoms with Crippen molar-refractivity contribution >= 4 is 33.7 Å². The summed E-state index contributed by atoms with van der Waals surface area (Å²) in [4.78, 5) is 41.5. The molecule has 47 heavy (non-hydrogen) atoms. The number of nitrogens with zero attached hydrogens (tertiary/aromatic N) is 3. The lowest BCUT2D eigenvalue weighted by atomic mass is 10.0. The molecule has 1 aromatic heterocycles. The Labute approximate surface area is 265 Å². The number of benzene rings is 2. The Hall–Kier alpha value is -4.51. The summed E-state index contributed by atoms with van der Waals surface area (Å²) in [5.41, 5.74) is 0.254. The van der Waals surface area contributed by atoms with E-state index in [1.807, 2.05) is 26.0 Å². The quantitative estimate of drug-likeness (QED) is 0.206. The van der Waals surface area contributed by atoms with Gasteiger partial charge >= 0.3 is 24.3 Å². The maximum Gasteiger partial charge on any atom is 0.491 e. The van der Waals surface area contributed by atoms with Crippen LogP contribution < -0.4 is 10.2 Å². The Morgan fingerprint density at radius 3 is 2.11 bits per heavy atom. The molecule has 2 heterocycles. The molecule has 2 aromatic carbocycles. The first kappa shape index (κ1) is 35.3. The van der Waals surface area contributed by atoms with Crippen molar-refractivity contribution < 1.29 is 53.9 Å². The molecular formula is C30H28F6N4O6S. The number of esters is 2. The minimum absolute atomic E-state index is 0.0353. The van der Waals surface area contributed by atoms with Crippen molar-refractivity contribution in [2.45, 2.75) is 49.6 Å². The second kappa shape index (κ2) is 13.7. The summed E-state index contributed by atoms with van der Waals surface area (Å²) in [6.45, 7) is 3.40. The van der Waals surface area contributed by atoms with Gasteiger partial charge in [0.1, 0.15) is 11.9 Å². The largest absolute Gasteiger partial charge is 0.491 e. The predicted octanol–water partition coefficient (Wildman–Crippen LogP) is 4.67. The van der Waals surface area contributed by atoms with Crippen LogP contribution in [0.15, 0.2) is 71.8 Å². The topological polar surface area (TPSA) is 126 Å². The van der Waals surface area contributed by atoms with Crippen LogP contribution >= 0.6 is 0 Å². The Morgan fingerprint density at radius 1 is 0.936 bits per heavy atom. The molecule has 1 aliphatic rings. The molecule has 1 saturated heterocycles. The third kappa shape index (κ3) is 8.45. The van der Waals surface area contributed by atoms with Crippen LogP contribution in [0.5, 0.6) is 0 Å². The number of piperazine rings is 1. The van der Waals surface area contributed by atoms with Gasteiger partial charge < -0.3 is 15.0 Å². The standard InChI is InChI=1S/C30H28F6N4O6S/c1-18(2)20-5-3-19(4-6-20)15-38-26(41)24-17-39(25-12-7-21(16-37-25)27(42)46-28(43)30(34,35)36)13-14-40(24)47(44,45)23-10-8-22(9-11-23)29(31,32)33/h3-12,16,18,24H,13-15,17H2,1-2H3,(H,38,41)/t24-/m1/s1. The molecule has 10 nitrogen and oxygen atoms in total. The maximum absolute atomic E-state index is 13.6. The fourth-order valence-corrected chi connectivity index (χ4v) is 6.22. The summed E-state index contributed by atoms with van der Waals surface area (Å²) in [5.74, 6) is -4.65. The van der Waals surface area contributed by atoms with Crippen molar-refractivity contribution in [3.63, 3.8) is 0 Å². The van der Waals surface area contributed by atoms with Gasteiger partial charge in [-0.1, -0.05) is 38.1 Å². The molecule has 0 saturated carbocycles. The number of pyridine rings is 1. The third-order valence-electron chi connectivity index (χ3n) is 7.26. The van der Waals surface area contributed by atoms with E-state index < -0.39 is 62.3 Å². The van der Waals surface area contributed by atoms with Crippen molar-refractivity contribution in [3.05, 3.63) is 89.1 Å². The van der Waals surface area contributed by atoms with E-state index in [0.717, 1.165) is 39.8 Å². The number of alkyl halides is 6. The molecule has 0 bridgehead atoms. The summed E-state index contributed by atoms with van der Waals surface area (Å²) in [7, 11) is -4.49. The van der Waals surface area contributed by atoms with Gasteiger partial charge in [0.25, 0.3) is 0 Å². The van der Waals surface area contributed by atoms with Crippen LogP contribution in [0.2, 0.25) is 0 Å². The minimum Gasteiger partial charge on any atom is -0.383 e. The Morgan fingerprint density at radius 2 is 1.57 bits per heavy atom. The summed E-state index contributed by atoms with van der Waals surface area (Å²) in [6.07, 6.45) is -9.24. The molecule has 1 aliphatic heterocycles. The smallest absolute Gasteiger partial charge is 0.383 e. The molecule has 0 spiro atoms. The highest BCUT2D eigenvalue weighted by Gasteiger charge is 2.43. The van der Waals surface area contributed by atoms with E-state index in [9.17, 15) is 49.1 Å². The lowest BCUT2D eigenvalue weighted by molar-refractivity contribution is -0.193. The number of anilines is 1. The molecule has 0 unspecified atom stereocenters. The first-order valence-corrected chi connectivity index (χ1v) is 15.4. The average molecular weight is 687 g/mol. The highest BCUT2D eigenvalue weighted by atomic mass is 32.2. The number of amides is 1. The zero-order valence-electron chi connectivity index (χ0n) is 24.8. The summed E-state index contributed by atoms with van der Waals surface area (Å²) >= 11 is 0. The number of aromatic nitrogens is 1. The Bertz CT molecular complexity index is 1710. The normalized spacial score (nSPS) is 16.2. The fraction of sp³-hybridized carbons (Fsp3) is 0.333. The van der Waals surface area contributed by atoms with Gasteiger partial charge in [-0.2, -0.15) is 30.6 Å². The minimum atomic E-state index is -5.39. The van der Waals surface area contributed by atoms with E-state index >= 15 is 0 Å². The van der Waals surface area contributed by atoms with Gasteiger partial charge in [0.2, 0.25) is 15.9 Å². The summed E-state index contributed by atoms with van der Waals surface area (Å²) < 4.78 is 109. The third-order valence-corrected chi connectivity index (χ3v) is 9.18. The summed E-state index contributed by atoms with van der Waals surface area (Å²) in [5, 5.41) is 2.70. The van der Waals surface area contributed by atoms with Gasteiger partial charge in [-0.3, -0.25) is 4.79 Å². The first-order valence-electron chi connectivity index (χ1n) is 14.0. The number of rotatable bonds is 8. The molecule has 0 aliphatic carbocycles. The van der Waals surface area contributed by atoms with Crippen molar-refractivity contribution in [2.75, 3.05) is 24.5 Å². The molecule has 1 atom stereocenters. The number of halogens is 6. The van der Waals surface area contributed by atoms with Gasteiger partial charge in [0.15, 0.2) is 0 Å². The number of nitrogens with one attached hydrogen (secondary N) is 1. The monoisotopic (exact) mass is 686 g/mol. The lowest BCUT2D eigenvalue weighted by Crippen LogP contribution is -2.60. The number of hydrogen-bond acceptors (Lipinski definition) is 8. The molecule has 1 fully saturated rings. The van der Waals surface area contributed by atoms with Crippen LogP contribution in [-0.2, 0) is 37.1 Å². The maximum atomic E-state index is 13.6. The zero-order chi connectivity index (χ0) is 34.7. The van der Waals surface area contributed by atoms with E-state index in [4.69, 9.17) is 0 Å². The van der Waals surface area contributed by atoms with Crippen LogP contribution in [0.4, 0.5) is 32.2 Å². The fourth-order valence-electron chi connectivity index (χ4n) is 4.65. The number of carbonyl (C=O) groups excluding carboxylic acids is 3. The summed E-state index contributed by atoms with van der Waals surface area (Å²) in [6, 6.07) is 11.1. The molecule has 0 radical (unpaired) electrons. The Balaban J connectivity index is 1.57. The Kier molecular flexibility index (Phi) is 10.3. The van der Waals surface area contributed by atoms with Crippen LogP contribution in [0.1, 0.15) is 46.8 Å². The number of ether oxygens (including phenoxy) is 1. The van der Waals surface area contributed by atoms with Crippen LogP contribution in [0, 0.1) is 0 Å². The van der Waals surface area contributed by atoms with E-state index in [-0.39, 0.29) is 37.9 Å². The molecule has 1 amide bonds. The second-order valence-electron chi connectivity index (χ2n) is 10.8. The van der Waals surface area contributed by atoms with Gasteiger partial charge in [-0.05, 0) is 53.4 Å². The van der Waals surface area contributed by atoms with Crippen LogP contribution in [0.3, 0.4) is 0 Å². The predicted molar refractivity (Wildman–Crippen MR) is 154 cm³/mol. The highest BCUT2D eigenvalue weighted by molar-refractivity contribution is 7.89. The lowest BCUT2D eigenvalue weighted by Gasteiger charge is -2.40. The van der Waals surface area contributed by atoms with Crippen molar-refractivity contribution in [1.29, 1.82) is 0 Å². The van der Waals surface area contributed by atoms with Crippen molar-refractivity contribution in [3.8, 4) is 0 Å². The molecule has 1 N–H and O–H groups in total. The van der Waals surface area contributed by atoms with Gasteiger partial charge in [-0.15, -0.1) is 0 Å². The van der Waals surface area contributed by atoms with Crippen LogP contribution in [0.25, 0.3) is 0 Å². The number of sulfonamides is 1. The van der Waals surface area contributed by atoms with E-state index in [2.05, 4.69) is 15.0 Å². The van der Waals surface area contributed by atoms with E-state index in [0.29, 0.717) is 12.1 Å². The van der Waals surface area contributed by atoms with Crippen molar-refractivity contribution in [1.82, 2.24) is 14.6 Å². The number of carbonyl (C=O) groups is 3. The first-order chi connectivity index (χ1) is 21.9. The van der Waals surface area contributed by atoms with Crippen LogP contribution in [-0.4, -0.2) is 67.4 Å². The van der Waals surface area contributed by atoms with E-state index in [1.54, 1.807) is 12.1 Å². The van der Waals surface area contributed by atoms with Gasteiger partial charge in [0, 0.05) is 32.4 Å². The molecule has 3 aromatic rings. The highest BCUT2D eigenvalue weighted by Crippen LogP contribution is 2.31. The molecular weight excluding hydrogens is 658 g/mol. The molecule has 4 rings (SSSR count). The van der Waals surface area contributed by atoms with E-state index in [1.165, 1.54) is 11.0 Å². The van der Waals surface area contributed by atoms with Crippen molar-refractivity contribution in [2.24, 2.45) is 0 Å². The second-order valence-corrected chi connectivity index (χ2v) is 12.7. The molecule has 252 valence electrons. The van der Waals surface area contributed by atoms with Gasteiger partial charge in [0.05, 0.1) is 16.0 Å².